The molecule has 1 N–H and O–H groups in total. The summed E-state index contributed by atoms with van der Waals surface area (Å²) in [7, 11) is 0. The van der Waals surface area contributed by atoms with E-state index in [2.05, 4.69) is 27.8 Å². The van der Waals surface area contributed by atoms with Crippen LogP contribution in [0.5, 0.6) is 0 Å². The molecule has 0 bridgehead atoms. The molecule has 0 radical (unpaired) electrons. The second kappa shape index (κ2) is 7.09. The average Bonchev–Trinajstić information content (AvgIpc) is 2.46. The lowest BCUT2D eigenvalue weighted by Crippen LogP contribution is -2.52. The first-order valence-electron chi connectivity index (χ1n) is 7.06. The van der Waals surface area contributed by atoms with Crippen LogP contribution in [0.4, 0.5) is 0 Å². The van der Waals surface area contributed by atoms with Gasteiger partial charge >= 0.3 is 5.97 Å². The van der Waals surface area contributed by atoms with Crippen LogP contribution < -0.4 is 0 Å². The third-order valence-corrected chi connectivity index (χ3v) is 5.03. The van der Waals surface area contributed by atoms with Crippen molar-refractivity contribution in [3.05, 3.63) is 33.3 Å². The molecule has 1 aliphatic rings. The number of aliphatic carboxylic acids is 1. The van der Waals surface area contributed by atoms with Gasteiger partial charge in [-0.2, -0.15) is 0 Å². The second-order valence-corrected chi connectivity index (χ2v) is 6.75. The number of carboxylic acid groups (broad SMARTS) is 1. The van der Waals surface area contributed by atoms with Gasteiger partial charge in [0.05, 0.1) is 0 Å². The lowest BCUT2D eigenvalue weighted by atomic mass is 10.1. The van der Waals surface area contributed by atoms with Crippen molar-refractivity contribution in [2.45, 2.75) is 25.9 Å². The molecule has 1 aromatic carbocycles. The van der Waals surface area contributed by atoms with Crippen molar-refractivity contribution in [2.24, 2.45) is 0 Å². The highest BCUT2D eigenvalue weighted by atomic mass is 79.9. The summed E-state index contributed by atoms with van der Waals surface area (Å²) in [5.41, 5.74) is 1.11. The molecule has 2 rings (SSSR count). The summed E-state index contributed by atoms with van der Waals surface area (Å²) in [6.45, 7) is 7.13. The molecule has 0 spiro atoms. The number of hydrogen-bond donors (Lipinski definition) is 1. The Morgan fingerprint density at radius 3 is 2.33 bits per heavy atom. The molecule has 0 aliphatic carbocycles. The molecule has 21 heavy (non-hydrogen) atoms. The van der Waals surface area contributed by atoms with Crippen LogP contribution in [-0.4, -0.2) is 53.1 Å². The van der Waals surface area contributed by atoms with E-state index in [0.29, 0.717) is 0 Å². The van der Waals surface area contributed by atoms with E-state index in [-0.39, 0.29) is 6.04 Å². The molecular formula is C15H20BrClN2O2. The first-order valence-corrected chi connectivity index (χ1v) is 8.23. The normalized spacial score (nSPS) is 20.2. The number of halogens is 2. The summed E-state index contributed by atoms with van der Waals surface area (Å²) in [6, 6.07) is 5.77. The topological polar surface area (TPSA) is 43.8 Å². The van der Waals surface area contributed by atoms with Crippen molar-refractivity contribution in [3.8, 4) is 0 Å². The molecule has 0 amide bonds. The zero-order valence-corrected chi connectivity index (χ0v) is 14.6. The highest BCUT2D eigenvalue weighted by Crippen LogP contribution is 2.30. The van der Waals surface area contributed by atoms with Crippen molar-refractivity contribution in [3.63, 3.8) is 0 Å². The molecule has 1 aliphatic heterocycles. The lowest BCUT2D eigenvalue weighted by Gasteiger charge is -2.39. The van der Waals surface area contributed by atoms with E-state index >= 15 is 0 Å². The van der Waals surface area contributed by atoms with Gasteiger partial charge in [-0.15, -0.1) is 0 Å². The maximum Gasteiger partial charge on any atom is 0.320 e. The van der Waals surface area contributed by atoms with Gasteiger partial charge in [-0.1, -0.05) is 33.6 Å². The lowest BCUT2D eigenvalue weighted by molar-refractivity contribution is -0.143. The van der Waals surface area contributed by atoms with Gasteiger partial charge < -0.3 is 5.11 Å². The fourth-order valence-electron chi connectivity index (χ4n) is 2.71. The maximum atomic E-state index is 11.0. The van der Waals surface area contributed by atoms with Gasteiger partial charge in [-0.05, 0) is 31.5 Å². The maximum absolute atomic E-state index is 11.0. The molecular weight excluding hydrogens is 356 g/mol. The quantitative estimate of drug-likeness (QED) is 0.877. The van der Waals surface area contributed by atoms with E-state index in [0.717, 1.165) is 41.2 Å². The Labute approximate surface area is 138 Å². The second-order valence-electron chi connectivity index (χ2n) is 5.43. The van der Waals surface area contributed by atoms with Crippen molar-refractivity contribution in [2.75, 3.05) is 26.2 Å². The zero-order chi connectivity index (χ0) is 15.6. The fourth-order valence-corrected chi connectivity index (χ4v) is 3.54. The largest absolute Gasteiger partial charge is 0.480 e. The summed E-state index contributed by atoms with van der Waals surface area (Å²) in [6.07, 6.45) is 0. The number of rotatable bonds is 4. The highest BCUT2D eigenvalue weighted by Gasteiger charge is 2.28. The van der Waals surface area contributed by atoms with Crippen molar-refractivity contribution >= 4 is 33.5 Å². The number of hydrogen-bond acceptors (Lipinski definition) is 3. The smallest absolute Gasteiger partial charge is 0.320 e. The van der Waals surface area contributed by atoms with Crippen LogP contribution in [0.25, 0.3) is 0 Å². The van der Waals surface area contributed by atoms with E-state index < -0.39 is 12.0 Å². The molecule has 1 saturated heterocycles. The van der Waals surface area contributed by atoms with Crippen molar-refractivity contribution in [1.29, 1.82) is 0 Å². The molecule has 1 heterocycles. The van der Waals surface area contributed by atoms with Crippen LogP contribution >= 0.6 is 27.5 Å². The standard InChI is InChI=1S/C15H20BrClN2O2/c1-10(13-4-3-12(16)9-14(13)17)18-5-7-19(8-6-18)11(2)15(20)21/h3-4,9-11H,5-8H2,1-2H3,(H,20,21). The summed E-state index contributed by atoms with van der Waals surface area (Å²) < 4.78 is 0.976. The predicted octanol–water partition coefficient (Wildman–Crippen LogP) is 3.25. The molecule has 4 nitrogen and oxygen atoms in total. The van der Waals surface area contributed by atoms with Crippen molar-refractivity contribution in [1.82, 2.24) is 9.80 Å². The highest BCUT2D eigenvalue weighted by molar-refractivity contribution is 9.10. The molecule has 116 valence electrons. The van der Waals surface area contributed by atoms with E-state index in [1.807, 2.05) is 23.1 Å². The number of carbonyl (C=O) groups is 1. The minimum absolute atomic E-state index is 0.230. The average molecular weight is 376 g/mol. The van der Waals surface area contributed by atoms with Gasteiger partial charge in [0.15, 0.2) is 0 Å². The molecule has 6 heteroatoms. The van der Waals surface area contributed by atoms with E-state index in [1.54, 1.807) is 6.92 Å². The van der Waals surface area contributed by atoms with Crippen LogP contribution in [0.3, 0.4) is 0 Å². The summed E-state index contributed by atoms with van der Waals surface area (Å²) in [4.78, 5) is 15.4. The first-order chi connectivity index (χ1) is 9.90. The molecule has 0 saturated carbocycles. The Morgan fingerprint density at radius 2 is 1.81 bits per heavy atom. The summed E-state index contributed by atoms with van der Waals surface area (Å²) >= 11 is 9.74. The van der Waals surface area contributed by atoms with Gasteiger partial charge in [0.2, 0.25) is 0 Å². The van der Waals surface area contributed by atoms with Gasteiger partial charge in [-0.3, -0.25) is 14.6 Å². The van der Waals surface area contributed by atoms with Gasteiger partial charge in [-0.25, -0.2) is 0 Å². The number of nitrogens with zero attached hydrogens (tertiary/aromatic N) is 2. The molecule has 1 fully saturated rings. The minimum atomic E-state index is -0.757. The van der Waals surface area contributed by atoms with Gasteiger partial charge in [0.25, 0.3) is 0 Å². The van der Waals surface area contributed by atoms with Gasteiger partial charge in [0.1, 0.15) is 6.04 Å². The Kier molecular flexibility index (Phi) is 5.66. The Hall–Kier alpha value is -0.620. The van der Waals surface area contributed by atoms with E-state index in [1.165, 1.54) is 0 Å². The number of piperazine rings is 1. The van der Waals surface area contributed by atoms with Crippen molar-refractivity contribution < 1.29 is 9.90 Å². The third-order valence-electron chi connectivity index (χ3n) is 4.21. The Morgan fingerprint density at radius 1 is 1.24 bits per heavy atom. The molecule has 2 atom stereocenters. The van der Waals surface area contributed by atoms with E-state index in [4.69, 9.17) is 16.7 Å². The zero-order valence-electron chi connectivity index (χ0n) is 12.2. The Balaban J connectivity index is 2.00. The SMILES string of the molecule is CC(C(=O)O)N1CCN(C(C)c2ccc(Br)cc2Cl)CC1. The van der Waals surface area contributed by atoms with Crippen LogP contribution in [0.2, 0.25) is 5.02 Å². The molecule has 0 aromatic heterocycles. The minimum Gasteiger partial charge on any atom is -0.480 e. The number of benzene rings is 1. The Bertz CT molecular complexity index is 518. The van der Waals surface area contributed by atoms with Crippen LogP contribution in [0.1, 0.15) is 25.5 Å². The van der Waals surface area contributed by atoms with Crippen LogP contribution in [-0.2, 0) is 4.79 Å². The fraction of sp³-hybridized carbons (Fsp3) is 0.533. The van der Waals surface area contributed by atoms with Crippen LogP contribution in [0.15, 0.2) is 22.7 Å². The van der Waals surface area contributed by atoms with Gasteiger partial charge in [0, 0.05) is 41.7 Å². The van der Waals surface area contributed by atoms with E-state index in [9.17, 15) is 4.79 Å². The molecule has 1 aromatic rings. The molecule has 2 unspecified atom stereocenters. The summed E-state index contributed by atoms with van der Waals surface area (Å²) in [5.74, 6) is -0.757. The predicted molar refractivity (Wildman–Crippen MR) is 87.8 cm³/mol. The monoisotopic (exact) mass is 374 g/mol. The first kappa shape index (κ1) is 16.7. The summed E-state index contributed by atoms with van der Waals surface area (Å²) in [5, 5.41) is 9.83. The van der Waals surface area contributed by atoms with Crippen LogP contribution in [0, 0.1) is 0 Å². The number of carboxylic acids is 1. The third kappa shape index (κ3) is 3.97.